The van der Waals surface area contributed by atoms with Crippen molar-refractivity contribution in [2.75, 3.05) is 0 Å². The second-order valence-electron chi connectivity index (χ2n) is 8.45. The quantitative estimate of drug-likeness (QED) is 0.384. The lowest BCUT2D eigenvalue weighted by molar-refractivity contribution is 0.0932. The van der Waals surface area contributed by atoms with Gasteiger partial charge in [0.15, 0.2) is 0 Å². The van der Waals surface area contributed by atoms with Gasteiger partial charge in [0, 0.05) is 11.1 Å². The van der Waals surface area contributed by atoms with Crippen LogP contribution < -0.4 is 10.9 Å². The Balaban J connectivity index is 1.68. The maximum Gasteiger partial charge on any atom is 0.266 e. The first kappa shape index (κ1) is 22.2. The van der Waals surface area contributed by atoms with Gasteiger partial charge in [-0.25, -0.2) is 13.8 Å². The average Bonchev–Trinajstić information content (AvgIpc) is 3.64. The number of pyridine rings is 2. The molecule has 0 saturated heterocycles. The molecule has 5 nitrogen and oxygen atoms in total. The molecule has 0 radical (unpaired) electrons. The molecule has 2 aromatic carbocycles. The topological polar surface area (TPSA) is 64.0 Å². The fourth-order valence-electron chi connectivity index (χ4n) is 4.43. The lowest BCUT2D eigenvalue weighted by atomic mass is 9.99. The summed E-state index contributed by atoms with van der Waals surface area (Å²) in [6.07, 6.45) is 3.21. The van der Waals surface area contributed by atoms with Crippen LogP contribution in [0.5, 0.6) is 0 Å². The normalized spacial score (nSPS) is 14.2. The number of halogens is 3. The van der Waals surface area contributed by atoms with Crippen LogP contribution in [0.2, 0.25) is 5.15 Å². The van der Waals surface area contributed by atoms with Crippen molar-refractivity contribution in [3.63, 3.8) is 0 Å². The van der Waals surface area contributed by atoms with E-state index in [1.54, 1.807) is 31.2 Å². The van der Waals surface area contributed by atoms with Gasteiger partial charge in [-0.15, -0.1) is 0 Å². The van der Waals surface area contributed by atoms with E-state index in [2.05, 4.69) is 10.3 Å². The van der Waals surface area contributed by atoms with Crippen molar-refractivity contribution < 1.29 is 13.6 Å². The van der Waals surface area contributed by atoms with Gasteiger partial charge in [-0.1, -0.05) is 35.9 Å². The molecule has 1 aliphatic rings. The highest BCUT2D eigenvalue weighted by molar-refractivity contribution is 6.29. The smallest absolute Gasteiger partial charge is 0.266 e. The maximum atomic E-state index is 14.9. The predicted molar refractivity (Wildman–Crippen MR) is 126 cm³/mol. The monoisotopic (exact) mass is 479 g/mol. The molecule has 5 rings (SSSR count). The van der Waals surface area contributed by atoms with Crippen molar-refractivity contribution in [3.05, 3.63) is 105 Å². The second-order valence-corrected chi connectivity index (χ2v) is 8.83. The number of hydrogen-bond acceptors (Lipinski definition) is 3. The first-order chi connectivity index (χ1) is 16.3. The zero-order valence-electron chi connectivity index (χ0n) is 18.2. The van der Waals surface area contributed by atoms with Gasteiger partial charge >= 0.3 is 0 Å². The predicted octanol–water partition coefficient (Wildman–Crippen LogP) is 5.51. The lowest BCUT2D eigenvalue weighted by Crippen LogP contribution is -2.33. The van der Waals surface area contributed by atoms with E-state index in [1.165, 1.54) is 41.1 Å². The molecule has 2 aromatic heterocycles. The summed E-state index contributed by atoms with van der Waals surface area (Å²) in [4.78, 5) is 31.0. The fourth-order valence-corrected chi connectivity index (χ4v) is 4.55. The van der Waals surface area contributed by atoms with Crippen molar-refractivity contribution in [1.82, 2.24) is 14.9 Å². The SMILES string of the molecule is Cc1c(C(=O)N[C@H](c2cccc(F)c2)C2CC2)c2cccc(F)c2c(=O)n1-c1ccc(Cl)nc1. The first-order valence-corrected chi connectivity index (χ1v) is 11.2. The van der Waals surface area contributed by atoms with Crippen LogP contribution in [0.3, 0.4) is 0 Å². The summed E-state index contributed by atoms with van der Waals surface area (Å²) in [5.41, 5.74) is 0.925. The van der Waals surface area contributed by atoms with E-state index in [1.807, 2.05) is 0 Å². The number of fused-ring (bicyclic) bond motifs is 1. The Hall–Kier alpha value is -3.58. The van der Waals surface area contributed by atoms with Crippen LogP contribution in [-0.2, 0) is 0 Å². The summed E-state index contributed by atoms with van der Waals surface area (Å²) < 4.78 is 30.0. The van der Waals surface area contributed by atoms with Gasteiger partial charge in [-0.2, -0.15) is 0 Å². The van der Waals surface area contributed by atoms with Gasteiger partial charge in [-0.05, 0) is 61.6 Å². The Morgan fingerprint density at radius 1 is 1.15 bits per heavy atom. The standard InChI is InChI=1S/C26H20ClF2N3O2/c1-14-22(25(33)31-24(15-8-9-15)16-4-2-5-17(28)12-16)19-6-3-7-20(29)23(19)26(34)32(14)18-10-11-21(27)30-13-18/h2-7,10-13,15,24H,8-9H2,1H3,(H,31,33)/t24-/m0/s1. The van der Waals surface area contributed by atoms with Gasteiger partial charge in [0.2, 0.25) is 0 Å². The van der Waals surface area contributed by atoms with E-state index in [0.717, 1.165) is 12.8 Å². The number of aromatic nitrogens is 2. The molecule has 1 amide bonds. The van der Waals surface area contributed by atoms with Crippen LogP contribution >= 0.6 is 11.6 Å². The molecule has 1 saturated carbocycles. The number of amides is 1. The van der Waals surface area contributed by atoms with Crippen LogP contribution in [0.4, 0.5) is 8.78 Å². The summed E-state index contributed by atoms with van der Waals surface area (Å²) in [6, 6.07) is 13.0. The molecule has 172 valence electrons. The van der Waals surface area contributed by atoms with Crippen LogP contribution in [0.25, 0.3) is 16.5 Å². The third-order valence-electron chi connectivity index (χ3n) is 6.18. The highest BCUT2D eigenvalue weighted by atomic mass is 35.5. The molecular weight excluding hydrogens is 460 g/mol. The van der Waals surface area contributed by atoms with Gasteiger partial charge in [0.05, 0.1) is 28.9 Å². The van der Waals surface area contributed by atoms with Crippen molar-refractivity contribution in [2.24, 2.45) is 5.92 Å². The number of nitrogens with zero attached hydrogens (tertiary/aromatic N) is 2. The summed E-state index contributed by atoms with van der Waals surface area (Å²) >= 11 is 5.89. The van der Waals surface area contributed by atoms with E-state index in [0.29, 0.717) is 16.9 Å². The minimum atomic E-state index is -0.726. The van der Waals surface area contributed by atoms with Gasteiger partial charge in [0.1, 0.15) is 16.8 Å². The largest absolute Gasteiger partial charge is 0.345 e. The fraction of sp³-hybridized carbons (Fsp3) is 0.192. The molecule has 1 fully saturated rings. The van der Waals surface area contributed by atoms with Crippen molar-refractivity contribution >= 4 is 28.3 Å². The van der Waals surface area contributed by atoms with E-state index in [-0.39, 0.29) is 33.2 Å². The lowest BCUT2D eigenvalue weighted by Gasteiger charge is -2.22. The molecule has 0 spiro atoms. The Kier molecular flexibility index (Phi) is 5.65. The highest BCUT2D eigenvalue weighted by Crippen LogP contribution is 2.41. The van der Waals surface area contributed by atoms with E-state index in [4.69, 9.17) is 11.6 Å². The third-order valence-corrected chi connectivity index (χ3v) is 6.41. The summed E-state index contributed by atoms with van der Waals surface area (Å²) in [7, 11) is 0. The summed E-state index contributed by atoms with van der Waals surface area (Å²) in [5.74, 6) is -1.40. The Labute approximate surface area is 199 Å². The number of carbonyl (C=O) groups is 1. The number of rotatable bonds is 5. The Morgan fingerprint density at radius 2 is 1.91 bits per heavy atom. The van der Waals surface area contributed by atoms with Crippen LogP contribution in [0, 0.1) is 24.5 Å². The zero-order valence-corrected chi connectivity index (χ0v) is 18.9. The first-order valence-electron chi connectivity index (χ1n) is 10.9. The number of carbonyl (C=O) groups excluding carboxylic acids is 1. The molecule has 2 heterocycles. The number of nitrogens with one attached hydrogen (secondary N) is 1. The Morgan fingerprint density at radius 3 is 2.59 bits per heavy atom. The second kappa shape index (κ2) is 8.65. The third kappa shape index (κ3) is 3.96. The molecule has 0 aliphatic heterocycles. The molecule has 34 heavy (non-hydrogen) atoms. The van der Waals surface area contributed by atoms with E-state index >= 15 is 0 Å². The number of hydrogen-bond donors (Lipinski definition) is 1. The molecule has 0 bridgehead atoms. The minimum Gasteiger partial charge on any atom is -0.345 e. The van der Waals surface area contributed by atoms with Gasteiger partial charge < -0.3 is 5.32 Å². The molecule has 1 atom stereocenters. The van der Waals surface area contributed by atoms with E-state index in [9.17, 15) is 18.4 Å². The summed E-state index contributed by atoms with van der Waals surface area (Å²) in [5, 5.41) is 3.28. The van der Waals surface area contributed by atoms with Crippen molar-refractivity contribution in [3.8, 4) is 5.69 Å². The molecular formula is C26H20ClF2N3O2. The van der Waals surface area contributed by atoms with Crippen molar-refractivity contribution in [1.29, 1.82) is 0 Å². The van der Waals surface area contributed by atoms with Crippen LogP contribution in [-0.4, -0.2) is 15.5 Å². The van der Waals surface area contributed by atoms with Crippen LogP contribution in [0.15, 0.2) is 65.6 Å². The minimum absolute atomic E-state index is 0.172. The van der Waals surface area contributed by atoms with Crippen molar-refractivity contribution in [2.45, 2.75) is 25.8 Å². The van der Waals surface area contributed by atoms with Gasteiger partial charge in [-0.3, -0.25) is 14.2 Å². The van der Waals surface area contributed by atoms with E-state index < -0.39 is 23.3 Å². The molecule has 1 N–H and O–H groups in total. The van der Waals surface area contributed by atoms with Crippen LogP contribution in [0.1, 0.15) is 40.5 Å². The van der Waals surface area contributed by atoms with Gasteiger partial charge in [0.25, 0.3) is 11.5 Å². The molecule has 1 aliphatic carbocycles. The molecule has 8 heteroatoms. The average molecular weight is 480 g/mol. The zero-order chi connectivity index (χ0) is 24.0. The highest BCUT2D eigenvalue weighted by Gasteiger charge is 2.34. The summed E-state index contributed by atoms with van der Waals surface area (Å²) in [6.45, 7) is 1.63. The maximum absolute atomic E-state index is 14.9. The molecule has 0 unspecified atom stereocenters. The Bertz CT molecular complexity index is 1480. The number of benzene rings is 2. The molecule has 4 aromatic rings.